The van der Waals surface area contributed by atoms with E-state index in [-0.39, 0.29) is 0 Å². The summed E-state index contributed by atoms with van der Waals surface area (Å²) >= 11 is 11.7. The van der Waals surface area contributed by atoms with E-state index in [1.165, 1.54) is 0 Å². The number of benzene rings is 2. The van der Waals surface area contributed by atoms with Crippen molar-refractivity contribution in [3.63, 3.8) is 0 Å². The molecule has 16 heavy (non-hydrogen) atoms. The molecule has 0 N–H and O–H groups in total. The Balaban J connectivity index is 2.03. The van der Waals surface area contributed by atoms with Gasteiger partial charge in [-0.2, -0.15) is 0 Å². The predicted molar refractivity (Wildman–Crippen MR) is 66.9 cm³/mol. The molecule has 3 heteroatoms. The van der Waals surface area contributed by atoms with Crippen LogP contribution >= 0.6 is 23.2 Å². The van der Waals surface area contributed by atoms with Crippen molar-refractivity contribution >= 4 is 23.2 Å². The summed E-state index contributed by atoms with van der Waals surface area (Å²) in [7, 11) is 0. The number of ether oxygens (including phenoxy) is 1. The lowest BCUT2D eigenvalue weighted by molar-refractivity contribution is 0.428. The molecule has 2 aromatic carbocycles. The van der Waals surface area contributed by atoms with E-state index in [4.69, 9.17) is 27.9 Å². The van der Waals surface area contributed by atoms with Crippen molar-refractivity contribution < 1.29 is 4.74 Å². The van der Waals surface area contributed by atoms with Gasteiger partial charge in [0.25, 0.3) is 0 Å². The first-order valence-corrected chi connectivity index (χ1v) is 5.51. The normalized spacial score (nSPS) is 10.1. The Morgan fingerprint density at radius 2 is 1.62 bits per heavy atom. The molecule has 1 radical (unpaired) electrons. The van der Waals surface area contributed by atoms with Crippen LogP contribution in [0.25, 0.3) is 0 Å². The number of hydrogen-bond donors (Lipinski definition) is 0. The minimum absolute atomic E-state index is 0.487. The summed E-state index contributed by atoms with van der Waals surface area (Å²) in [6, 6.07) is 14.9. The summed E-state index contributed by atoms with van der Waals surface area (Å²) in [6.45, 7) is 1.67. The molecule has 0 unspecified atom stereocenters. The van der Waals surface area contributed by atoms with Gasteiger partial charge in [-0.05, 0) is 17.7 Å². The summed E-state index contributed by atoms with van der Waals surface area (Å²) < 4.78 is 5.46. The molecule has 0 saturated carbocycles. The van der Waals surface area contributed by atoms with Crippen molar-refractivity contribution in [2.75, 3.05) is 0 Å². The Bertz CT molecular complexity index is 469. The van der Waals surface area contributed by atoms with Crippen molar-refractivity contribution in [2.45, 2.75) is 0 Å². The van der Waals surface area contributed by atoms with E-state index < -0.39 is 0 Å². The minimum Gasteiger partial charge on any atom is -0.481 e. The van der Waals surface area contributed by atoms with Crippen LogP contribution < -0.4 is 4.74 Å². The lowest BCUT2D eigenvalue weighted by Crippen LogP contribution is -1.91. The predicted octanol–water partition coefficient (Wildman–Crippen LogP) is 4.58. The quantitative estimate of drug-likeness (QED) is 0.776. The summed E-state index contributed by atoms with van der Waals surface area (Å²) in [6.07, 6.45) is 0. The molecule has 0 atom stereocenters. The van der Waals surface area contributed by atoms with Gasteiger partial charge in [-0.25, -0.2) is 0 Å². The summed E-state index contributed by atoms with van der Waals surface area (Å²) in [5, 5.41) is 1.01. The van der Waals surface area contributed by atoms with Gasteiger partial charge in [0.1, 0.15) is 5.75 Å². The highest BCUT2D eigenvalue weighted by atomic mass is 35.5. The fourth-order valence-corrected chi connectivity index (χ4v) is 1.51. The van der Waals surface area contributed by atoms with E-state index in [9.17, 15) is 0 Å². The molecule has 2 aromatic rings. The smallest absolute Gasteiger partial charge is 0.165 e. The first kappa shape index (κ1) is 11.3. The Labute approximate surface area is 105 Å². The summed E-state index contributed by atoms with van der Waals surface area (Å²) in [4.78, 5) is 0. The zero-order valence-electron chi connectivity index (χ0n) is 8.36. The maximum absolute atomic E-state index is 5.87. The average Bonchev–Trinajstić information content (AvgIpc) is 2.32. The van der Waals surface area contributed by atoms with Crippen LogP contribution in [0.1, 0.15) is 5.56 Å². The maximum atomic E-state index is 5.87. The van der Waals surface area contributed by atoms with Crippen LogP contribution in [0.2, 0.25) is 10.0 Å². The van der Waals surface area contributed by atoms with Gasteiger partial charge >= 0.3 is 0 Å². The molecule has 0 heterocycles. The lowest BCUT2D eigenvalue weighted by Gasteiger charge is -2.05. The second-order valence-electron chi connectivity index (χ2n) is 3.22. The molecule has 0 fully saturated rings. The molecule has 0 spiro atoms. The zero-order valence-corrected chi connectivity index (χ0v) is 9.87. The highest BCUT2D eigenvalue weighted by molar-refractivity contribution is 6.42. The molecule has 1 nitrogen and oxygen atoms in total. The van der Waals surface area contributed by atoms with E-state index in [1.54, 1.807) is 24.8 Å². The summed E-state index contributed by atoms with van der Waals surface area (Å²) in [5.74, 6) is 0.665. The maximum Gasteiger partial charge on any atom is 0.165 e. The number of hydrogen-bond acceptors (Lipinski definition) is 1. The molecular formula is C13H9Cl2O. The molecule has 0 aliphatic heterocycles. The third-order valence-electron chi connectivity index (χ3n) is 2.02. The average molecular weight is 252 g/mol. The standard InChI is InChI=1S/C13H9Cl2O/c14-12-7-6-11(8-13(12)15)16-9-10-4-2-1-3-5-10/h1-9H. The molecule has 2 rings (SSSR count). The molecular weight excluding hydrogens is 243 g/mol. The SMILES string of the molecule is Clc1ccc(O[CH]c2ccccc2)cc1Cl. The molecule has 0 bridgehead atoms. The van der Waals surface area contributed by atoms with E-state index in [0.717, 1.165) is 5.56 Å². The van der Waals surface area contributed by atoms with Gasteiger partial charge in [0.05, 0.1) is 10.0 Å². The minimum atomic E-state index is 0.487. The Morgan fingerprint density at radius 3 is 2.31 bits per heavy atom. The van der Waals surface area contributed by atoms with Crippen molar-refractivity contribution in [3.05, 3.63) is 70.7 Å². The van der Waals surface area contributed by atoms with Crippen molar-refractivity contribution in [1.29, 1.82) is 0 Å². The van der Waals surface area contributed by atoms with Gasteiger partial charge in [-0.1, -0.05) is 53.5 Å². The third kappa shape index (κ3) is 2.91. The fraction of sp³-hybridized carbons (Fsp3) is 0. The Kier molecular flexibility index (Phi) is 3.70. The van der Waals surface area contributed by atoms with Crippen LogP contribution in [-0.2, 0) is 0 Å². The Morgan fingerprint density at radius 1 is 0.875 bits per heavy atom. The number of halogens is 2. The van der Waals surface area contributed by atoms with Gasteiger partial charge in [-0.15, -0.1) is 0 Å². The topological polar surface area (TPSA) is 9.23 Å². The van der Waals surface area contributed by atoms with Crippen LogP contribution in [0, 0.1) is 6.61 Å². The van der Waals surface area contributed by atoms with E-state index in [2.05, 4.69) is 0 Å². The number of rotatable bonds is 3. The second kappa shape index (κ2) is 5.24. The van der Waals surface area contributed by atoms with Gasteiger partial charge in [-0.3, -0.25) is 0 Å². The monoisotopic (exact) mass is 251 g/mol. The van der Waals surface area contributed by atoms with Crippen LogP contribution in [0.5, 0.6) is 5.75 Å². The molecule has 81 valence electrons. The van der Waals surface area contributed by atoms with Gasteiger partial charge < -0.3 is 4.74 Å². The van der Waals surface area contributed by atoms with E-state index in [1.807, 2.05) is 30.3 Å². The molecule has 0 aliphatic carbocycles. The third-order valence-corrected chi connectivity index (χ3v) is 2.76. The highest BCUT2D eigenvalue weighted by Gasteiger charge is 2.01. The Hall–Kier alpha value is -1.18. The fourth-order valence-electron chi connectivity index (χ4n) is 1.22. The second-order valence-corrected chi connectivity index (χ2v) is 4.04. The van der Waals surface area contributed by atoms with Crippen molar-refractivity contribution in [3.8, 4) is 5.75 Å². The molecule has 0 amide bonds. The first-order valence-electron chi connectivity index (χ1n) is 4.76. The van der Waals surface area contributed by atoms with E-state index in [0.29, 0.717) is 15.8 Å². The van der Waals surface area contributed by atoms with Crippen LogP contribution in [0.3, 0.4) is 0 Å². The van der Waals surface area contributed by atoms with Crippen LogP contribution in [-0.4, -0.2) is 0 Å². The van der Waals surface area contributed by atoms with Crippen molar-refractivity contribution in [2.24, 2.45) is 0 Å². The van der Waals surface area contributed by atoms with Gasteiger partial charge in [0, 0.05) is 6.07 Å². The van der Waals surface area contributed by atoms with Gasteiger partial charge in [0.2, 0.25) is 0 Å². The molecule has 0 aliphatic rings. The molecule has 0 aromatic heterocycles. The van der Waals surface area contributed by atoms with Gasteiger partial charge in [0.15, 0.2) is 6.61 Å². The largest absolute Gasteiger partial charge is 0.481 e. The highest BCUT2D eigenvalue weighted by Crippen LogP contribution is 2.26. The van der Waals surface area contributed by atoms with Crippen molar-refractivity contribution in [1.82, 2.24) is 0 Å². The lowest BCUT2D eigenvalue weighted by atomic mass is 10.2. The summed E-state index contributed by atoms with van der Waals surface area (Å²) in [5.41, 5.74) is 0.994. The van der Waals surface area contributed by atoms with Crippen LogP contribution in [0.15, 0.2) is 48.5 Å². The van der Waals surface area contributed by atoms with E-state index >= 15 is 0 Å². The first-order chi connectivity index (χ1) is 7.75. The zero-order chi connectivity index (χ0) is 11.4. The van der Waals surface area contributed by atoms with Crippen LogP contribution in [0.4, 0.5) is 0 Å². The molecule has 0 saturated heterocycles.